The van der Waals surface area contributed by atoms with Gasteiger partial charge in [0.05, 0.1) is 6.04 Å². The number of rotatable bonds is 3. The van der Waals surface area contributed by atoms with Crippen molar-refractivity contribution in [1.29, 1.82) is 0 Å². The topological polar surface area (TPSA) is 59.2 Å². The highest BCUT2D eigenvalue weighted by molar-refractivity contribution is 5.59. The molecule has 1 saturated heterocycles. The number of carbonyl (C=O) groups is 1. The summed E-state index contributed by atoms with van der Waals surface area (Å²) < 4.78 is 5.39. The first kappa shape index (κ1) is 12.8. The average Bonchev–Trinajstić information content (AvgIpc) is 3.08. The van der Waals surface area contributed by atoms with Gasteiger partial charge in [-0.1, -0.05) is 22.9 Å². The molecule has 0 N–H and O–H groups in total. The minimum absolute atomic E-state index is 0.0462. The summed E-state index contributed by atoms with van der Waals surface area (Å²) in [4.78, 5) is 17.2. The van der Waals surface area contributed by atoms with E-state index >= 15 is 0 Å². The monoisotopic (exact) mass is 271 g/mol. The molecule has 1 aromatic carbocycles. The quantitative estimate of drug-likeness (QED) is 0.805. The third-order valence-corrected chi connectivity index (χ3v) is 3.79. The lowest BCUT2D eigenvalue weighted by molar-refractivity contribution is -0.119. The Hall–Kier alpha value is -2.17. The van der Waals surface area contributed by atoms with E-state index in [0.717, 1.165) is 42.5 Å². The molecule has 3 rings (SSSR count). The number of likely N-dealkylation sites (tertiary alicyclic amines) is 1. The normalized spacial score (nSPS) is 18.5. The van der Waals surface area contributed by atoms with Gasteiger partial charge in [-0.3, -0.25) is 4.79 Å². The Labute approximate surface area is 117 Å². The predicted octanol–water partition coefficient (Wildman–Crippen LogP) is 2.65. The zero-order valence-electron chi connectivity index (χ0n) is 11.7. The third-order valence-electron chi connectivity index (χ3n) is 3.79. The molecule has 1 aromatic heterocycles. The molecule has 104 valence electrons. The van der Waals surface area contributed by atoms with Gasteiger partial charge in [0.15, 0.2) is 5.82 Å². The van der Waals surface area contributed by atoms with E-state index < -0.39 is 0 Å². The number of aryl methyl sites for hydroxylation is 2. The number of hydrogen-bond donors (Lipinski definition) is 0. The Kier molecular flexibility index (Phi) is 3.26. The van der Waals surface area contributed by atoms with Crippen molar-refractivity contribution < 1.29 is 9.32 Å². The molecule has 5 heteroatoms. The van der Waals surface area contributed by atoms with Crippen LogP contribution in [-0.4, -0.2) is 28.0 Å². The number of aromatic nitrogens is 2. The summed E-state index contributed by atoms with van der Waals surface area (Å²) in [6.07, 6.45) is 2.74. The van der Waals surface area contributed by atoms with Gasteiger partial charge >= 0.3 is 0 Å². The third kappa shape index (κ3) is 2.19. The van der Waals surface area contributed by atoms with Crippen LogP contribution in [0.4, 0.5) is 0 Å². The van der Waals surface area contributed by atoms with Crippen LogP contribution in [0.1, 0.15) is 35.8 Å². The zero-order valence-corrected chi connectivity index (χ0v) is 11.7. The number of nitrogens with zero attached hydrogens (tertiary/aromatic N) is 3. The molecule has 1 atom stereocenters. The summed E-state index contributed by atoms with van der Waals surface area (Å²) in [5.74, 6) is 1.13. The first-order chi connectivity index (χ1) is 9.69. The van der Waals surface area contributed by atoms with Gasteiger partial charge in [0.25, 0.3) is 5.89 Å². The second-order valence-corrected chi connectivity index (χ2v) is 5.28. The van der Waals surface area contributed by atoms with E-state index in [9.17, 15) is 4.79 Å². The summed E-state index contributed by atoms with van der Waals surface area (Å²) in [5, 5.41) is 4.06. The molecule has 1 aliphatic rings. The summed E-state index contributed by atoms with van der Waals surface area (Å²) in [7, 11) is 0. The van der Waals surface area contributed by atoms with Crippen LogP contribution in [0.15, 0.2) is 22.7 Å². The molecule has 1 amide bonds. The fraction of sp³-hybridized carbons (Fsp3) is 0.400. The summed E-state index contributed by atoms with van der Waals surface area (Å²) in [5.41, 5.74) is 3.21. The highest BCUT2D eigenvalue weighted by Gasteiger charge is 2.29. The fourth-order valence-electron chi connectivity index (χ4n) is 2.64. The van der Waals surface area contributed by atoms with E-state index in [2.05, 4.69) is 16.2 Å². The SMILES string of the molecule is Cc1ccc(C)c(-c2nc([C@@H]3CCCN3C=O)no2)c1. The lowest BCUT2D eigenvalue weighted by Crippen LogP contribution is -2.21. The van der Waals surface area contributed by atoms with Crippen molar-refractivity contribution in [2.75, 3.05) is 6.54 Å². The largest absolute Gasteiger partial charge is 0.335 e. The lowest BCUT2D eigenvalue weighted by Gasteiger charge is -2.15. The fourth-order valence-corrected chi connectivity index (χ4v) is 2.64. The Morgan fingerprint density at radius 3 is 3.05 bits per heavy atom. The second kappa shape index (κ2) is 5.07. The van der Waals surface area contributed by atoms with E-state index in [4.69, 9.17) is 4.52 Å². The minimum atomic E-state index is -0.0462. The van der Waals surface area contributed by atoms with E-state index in [1.165, 1.54) is 0 Å². The molecular formula is C15H17N3O2. The summed E-state index contributed by atoms with van der Waals surface area (Å²) >= 11 is 0. The van der Waals surface area contributed by atoms with Gasteiger partial charge in [0, 0.05) is 12.1 Å². The van der Waals surface area contributed by atoms with Crippen molar-refractivity contribution >= 4 is 6.41 Å². The van der Waals surface area contributed by atoms with Gasteiger partial charge in [-0.2, -0.15) is 4.98 Å². The number of benzene rings is 1. The molecule has 0 saturated carbocycles. The van der Waals surface area contributed by atoms with Gasteiger partial charge in [0.1, 0.15) is 0 Å². The van der Waals surface area contributed by atoms with E-state index in [1.54, 1.807) is 4.90 Å². The van der Waals surface area contributed by atoms with Crippen molar-refractivity contribution in [3.8, 4) is 11.5 Å². The maximum Gasteiger partial charge on any atom is 0.258 e. The van der Waals surface area contributed by atoms with E-state index in [0.29, 0.717) is 11.7 Å². The predicted molar refractivity (Wildman–Crippen MR) is 74.0 cm³/mol. The minimum Gasteiger partial charge on any atom is -0.335 e. The molecule has 0 radical (unpaired) electrons. The van der Waals surface area contributed by atoms with Crippen LogP contribution in [0.25, 0.3) is 11.5 Å². The van der Waals surface area contributed by atoms with Crippen LogP contribution in [0, 0.1) is 13.8 Å². The Morgan fingerprint density at radius 1 is 1.40 bits per heavy atom. The number of hydrogen-bond acceptors (Lipinski definition) is 4. The summed E-state index contributed by atoms with van der Waals surface area (Å²) in [6.45, 7) is 4.82. The van der Waals surface area contributed by atoms with Gasteiger partial charge < -0.3 is 9.42 Å². The van der Waals surface area contributed by atoms with Gasteiger partial charge in [-0.15, -0.1) is 0 Å². The smallest absolute Gasteiger partial charge is 0.258 e. The van der Waals surface area contributed by atoms with Crippen molar-refractivity contribution in [3.05, 3.63) is 35.2 Å². The van der Waals surface area contributed by atoms with Crippen molar-refractivity contribution in [1.82, 2.24) is 15.0 Å². The van der Waals surface area contributed by atoms with Crippen LogP contribution in [0.5, 0.6) is 0 Å². The van der Waals surface area contributed by atoms with Crippen molar-refractivity contribution in [2.24, 2.45) is 0 Å². The molecule has 2 heterocycles. The van der Waals surface area contributed by atoms with Gasteiger partial charge in [-0.25, -0.2) is 0 Å². The maximum atomic E-state index is 11.0. The molecule has 0 bridgehead atoms. The van der Waals surface area contributed by atoms with Crippen LogP contribution < -0.4 is 0 Å². The molecule has 1 aliphatic heterocycles. The van der Waals surface area contributed by atoms with Crippen molar-refractivity contribution in [3.63, 3.8) is 0 Å². The second-order valence-electron chi connectivity index (χ2n) is 5.28. The van der Waals surface area contributed by atoms with Crippen LogP contribution in [0.2, 0.25) is 0 Å². The molecule has 20 heavy (non-hydrogen) atoms. The lowest BCUT2D eigenvalue weighted by atomic mass is 10.1. The van der Waals surface area contributed by atoms with Crippen LogP contribution >= 0.6 is 0 Å². The highest BCUT2D eigenvalue weighted by Crippen LogP contribution is 2.31. The summed E-state index contributed by atoms with van der Waals surface area (Å²) in [6, 6.07) is 6.09. The maximum absolute atomic E-state index is 11.0. The van der Waals surface area contributed by atoms with Gasteiger partial charge in [0.2, 0.25) is 6.41 Å². The first-order valence-corrected chi connectivity index (χ1v) is 6.81. The molecule has 1 fully saturated rings. The molecule has 0 unspecified atom stereocenters. The van der Waals surface area contributed by atoms with Crippen LogP contribution in [-0.2, 0) is 4.79 Å². The molecule has 2 aromatic rings. The van der Waals surface area contributed by atoms with Crippen molar-refractivity contribution in [2.45, 2.75) is 32.7 Å². The van der Waals surface area contributed by atoms with Crippen LogP contribution in [0.3, 0.4) is 0 Å². The standard InChI is InChI=1S/C15H17N3O2/c1-10-5-6-11(2)12(8-10)15-16-14(17-20-15)13-4-3-7-18(13)9-19/h5-6,8-9,13H,3-4,7H2,1-2H3/t13-/m0/s1. The highest BCUT2D eigenvalue weighted by atomic mass is 16.5. The van der Waals surface area contributed by atoms with E-state index in [1.807, 2.05) is 26.0 Å². The Balaban J connectivity index is 1.94. The first-order valence-electron chi connectivity index (χ1n) is 6.81. The van der Waals surface area contributed by atoms with Gasteiger partial charge in [-0.05, 0) is 38.3 Å². The number of carbonyl (C=O) groups excluding carboxylic acids is 1. The van der Waals surface area contributed by atoms with E-state index in [-0.39, 0.29) is 6.04 Å². The molecule has 0 spiro atoms. The Morgan fingerprint density at radius 2 is 2.25 bits per heavy atom. The number of amides is 1. The molecule has 5 nitrogen and oxygen atoms in total. The Bertz CT molecular complexity index is 636. The average molecular weight is 271 g/mol. The molecule has 0 aliphatic carbocycles. The molecular weight excluding hydrogens is 254 g/mol. The zero-order chi connectivity index (χ0) is 14.1.